The normalized spacial score (nSPS) is 10.5. The number of carbonyl (C=O) groups excluding carboxylic acids is 1. The Morgan fingerprint density at radius 2 is 1.80 bits per heavy atom. The van der Waals surface area contributed by atoms with E-state index in [0.717, 1.165) is 22.2 Å². The minimum atomic E-state index is -0.231. The number of hydrogen-bond donors (Lipinski definition) is 0. The number of rotatable bonds is 6. The van der Waals surface area contributed by atoms with E-state index in [1.165, 1.54) is 0 Å². The van der Waals surface area contributed by atoms with E-state index in [9.17, 15) is 4.79 Å². The molecule has 0 bridgehead atoms. The maximum atomic E-state index is 11.5. The molecule has 0 unspecified atom stereocenters. The van der Waals surface area contributed by atoms with E-state index in [0.29, 0.717) is 18.1 Å². The lowest BCUT2D eigenvalue weighted by Crippen LogP contribution is -2.07. The number of fused-ring (bicyclic) bond motifs is 1. The maximum absolute atomic E-state index is 11.5. The zero-order valence-electron chi connectivity index (χ0n) is 14.2. The molecule has 128 valence electrons. The van der Waals surface area contributed by atoms with E-state index in [1.807, 2.05) is 48.5 Å². The largest absolute Gasteiger partial charge is 0.497 e. The highest BCUT2D eigenvalue weighted by Crippen LogP contribution is 2.30. The minimum Gasteiger partial charge on any atom is -0.497 e. The second-order valence-electron chi connectivity index (χ2n) is 5.42. The van der Waals surface area contributed by atoms with Crippen LogP contribution in [0.2, 0.25) is 0 Å². The van der Waals surface area contributed by atoms with Crippen LogP contribution in [0, 0.1) is 0 Å². The lowest BCUT2D eigenvalue weighted by Gasteiger charge is -2.10. The van der Waals surface area contributed by atoms with Crippen molar-refractivity contribution >= 4 is 16.9 Å². The molecule has 0 atom stereocenters. The van der Waals surface area contributed by atoms with Crippen molar-refractivity contribution in [1.29, 1.82) is 0 Å². The predicted molar refractivity (Wildman–Crippen MR) is 95.1 cm³/mol. The van der Waals surface area contributed by atoms with E-state index in [4.69, 9.17) is 14.2 Å². The number of ether oxygens (including phenoxy) is 3. The van der Waals surface area contributed by atoms with Gasteiger partial charge in [-0.25, -0.2) is 0 Å². The molecule has 5 nitrogen and oxygen atoms in total. The van der Waals surface area contributed by atoms with Gasteiger partial charge in [-0.2, -0.15) is 0 Å². The van der Waals surface area contributed by atoms with Crippen LogP contribution in [-0.2, 0) is 16.0 Å². The zero-order chi connectivity index (χ0) is 17.6. The summed E-state index contributed by atoms with van der Waals surface area (Å²) in [6.07, 6.45) is 1.96. The SMILES string of the molecule is CCOC(=O)Cc1ccc(Oc2ccnc3cc(OC)ccc23)cc1. The van der Waals surface area contributed by atoms with Crippen molar-refractivity contribution in [2.45, 2.75) is 13.3 Å². The second kappa shape index (κ2) is 7.66. The third-order valence-corrected chi connectivity index (χ3v) is 3.71. The molecule has 0 spiro atoms. The lowest BCUT2D eigenvalue weighted by molar-refractivity contribution is -0.142. The summed E-state index contributed by atoms with van der Waals surface area (Å²) >= 11 is 0. The Morgan fingerprint density at radius 3 is 2.52 bits per heavy atom. The molecule has 0 saturated carbocycles. The summed E-state index contributed by atoms with van der Waals surface area (Å²) in [7, 11) is 1.62. The molecule has 0 aliphatic carbocycles. The molecule has 2 aromatic carbocycles. The van der Waals surface area contributed by atoms with Gasteiger partial charge in [-0.05, 0) is 42.8 Å². The Morgan fingerprint density at radius 1 is 1.04 bits per heavy atom. The van der Waals surface area contributed by atoms with Gasteiger partial charge in [0.1, 0.15) is 17.2 Å². The van der Waals surface area contributed by atoms with E-state index in [-0.39, 0.29) is 12.4 Å². The van der Waals surface area contributed by atoms with Crippen LogP contribution in [-0.4, -0.2) is 24.7 Å². The lowest BCUT2D eigenvalue weighted by atomic mass is 10.1. The van der Waals surface area contributed by atoms with Crippen molar-refractivity contribution < 1.29 is 19.0 Å². The van der Waals surface area contributed by atoms with Crippen molar-refractivity contribution in [3.8, 4) is 17.2 Å². The third-order valence-electron chi connectivity index (χ3n) is 3.71. The molecule has 0 radical (unpaired) electrons. The average molecular weight is 337 g/mol. The number of nitrogens with zero attached hydrogens (tertiary/aromatic N) is 1. The van der Waals surface area contributed by atoms with Gasteiger partial charge in [0.2, 0.25) is 0 Å². The number of benzene rings is 2. The third kappa shape index (κ3) is 4.07. The van der Waals surface area contributed by atoms with E-state index in [1.54, 1.807) is 20.2 Å². The van der Waals surface area contributed by atoms with Gasteiger partial charge in [0.25, 0.3) is 0 Å². The fourth-order valence-corrected chi connectivity index (χ4v) is 2.50. The fourth-order valence-electron chi connectivity index (χ4n) is 2.50. The quantitative estimate of drug-likeness (QED) is 0.633. The first-order valence-corrected chi connectivity index (χ1v) is 8.04. The maximum Gasteiger partial charge on any atom is 0.310 e. The Balaban J connectivity index is 1.78. The van der Waals surface area contributed by atoms with Crippen LogP contribution in [0.25, 0.3) is 10.9 Å². The van der Waals surface area contributed by atoms with Gasteiger partial charge in [-0.1, -0.05) is 12.1 Å². The summed E-state index contributed by atoms with van der Waals surface area (Å²) in [5.41, 5.74) is 1.69. The van der Waals surface area contributed by atoms with Gasteiger partial charge in [0.15, 0.2) is 0 Å². The van der Waals surface area contributed by atoms with Gasteiger partial charge < -0.3 is 14.2 Å². The smallest absolute Gasteiger partial charge is 0.310 e. The summed E-state index contributed by atoms with van der Waals surface area (Å²) in [6.45, 7) is 2.18. The topological polar surface area (TPSA) is 57.7 Å². The zero-order valence-corrected chi connectivity index (χ0v) is 14.2. The Kier molecular flexibility index (Phi) is 5.14. The highest BCUT2D eigenvalue weighted by molar-refractivity contribution is 5.86. The summed E-state index contributed by atoms with van der Waals surface area (Å²) in [5, 5.41) is 0.902. The number of hydrogen-bond acceptors (Lipinski definition) is 5. The summed E-state index contributed by atoms with van der Waals surface area (Å²) in [5.74, 6) is 1.92. The van der Waals surface area contributed by atoms with Crippen molar-refractivity contribution in [2.24, 2.45) is 0 Å². The van der Waals surface area contributed by atoms with Crippen molar-refractivity contribution in [2.75, 3.05) is 13.7 Å². The first-order chi connectivity index (χ1) is 12.2. The fraction of sp³-hybridized carbons (Fsp3) is 0.200. The van der Waals surface area contributed by atoms with E-state index >= 15 is 0 Å². The standard InChI is InChI=1S/C20H19NO4/c1-3-24-20(22)12-14-4-6-15(7-5-14)25-19-10-11-21-18-13-16(23-2)8-9-17(18)19/h4-11,13H,3,12H2,1-2H3. The number of esters is 1. The van der Waals surface area contributed by atoms with Crippen molar-refractivity contribution in [1.82, 2.24) is 4.98 Å². The van der Waals surface area contributed by atoms with Gasteiger partial charge in [-0.15, -0.1) is 0 Å². The van der Waals surface area contributed by atoms with Crippen LogP contribution in [0.4, 0.5) is 0 Å². The van der Waals surface area contributed by atoms with Crippen LogP contribution < -0.4 is 9.47 Å². The molecule has 25 heavy (non-hydrogen) atoms. The molecule has 0 aliphatic heterocycles. The predicted octanol–water partition coefficient (Wildman–Crippen LogP) is 4.14. The van der Waals surface area contributed by atoms with Crippen molar-refractivity contribution in [3.05, 3.63) is 60.3 Å². The van der Waals surface area contributed by atoms with Crippen LogP contribution in [0.1, 0.15) is 12.5 Å². The van der Waals surface area contributed by atoms with Crippen molar-refractivity contribution in [3.63, 3.8) is 0 Å². The molecular formula is C20H19NO4. The molecule has 1 heterocycles. The van der Waals surface area contributed by atoms with Gasteiger partial charge >= 0.3 is 5.97 Å². The van der Waals surface area contributed by atoms with E-state index < -0.39 is 0 Å². The molecule has 3 aromatic rings. The first-order valence-electron chi connectivity index (χ1n) is 8.04. The number of methoxy groups -OCH3 is 1. The molecule has 1 aromatic heterocycles. The van der Waals surface area contributed by atoms with Crippen LogP contribution in [0.5, 0.6) is 17.2 Å². The summed E-state index contributed by atoms with van der Waals surface area (Å²) in [6, 6.07) is 14.9. The highest BCUT2D eigenvalue weighted by Gasteiger charge is 2.07. The number of pyridine rings is 1. The van der Waals surface area contributed by atoms with Gasteiger partial charge in [-0.3, -0.25) is 9.78 Å². The molecule has 0 fully saturated rings. The molecule has 0 N–H and O–H groups in total. The average Bonchev–Trinajstić information content (AvgIpc) is 2.63. The highest BCUT2D eigenvalue weighted by atomic mass is 16.5. The minimum absolute atomic E-state index is 0.231. The Hall–Kier alpha value is -3.08. The van der Waals surface area contributed by atoms with Crippen LogP contribution >= 0.6 is 0 Å². The second-order valence-corrected chi connectivity index (χ2v) is 5.42. The molecule has 0 aliphatic rings. The van der Waals surface area contributed by atoms with Crippen LogP contribution in [0.3, 0.4) is 0 Å². The Bertz CT molecular complexity index is 875. The number of aromatic nitrogens is 1. The van der Waals surface area contributed by atoms with E-state index in [2.05, 4.69) is 4.98 Å². The Labute approximate surface area is 146 Å². The summed E-state index contributed by atoms with van der Waals surface area (Å²) < 4.78 is 16.2. The molecular weight excluding hydrogens is 318 g/mol. The molecule has 5 heteroatoms. The monoisotopic (exact) mass is 337 g/mol. The van der Waals surface area contributed by atoms with Crippen LogP contribution in [0.15, 0.2) is 54.7 Å². The van der Waals surface area contributed by atoms with Gasteiger partial charge in [0, 0.05) is 17.6 Å². The molecule has 3 rings (SSSR count). The molecule has 0 amide bonds. The first kappa shape index (κ1) is 16.8. The molecule has 0 saturated heterocycles. The summed E-state index contributed by atoms with van der Waals surface area (Å²) in [4.78, 5) is 15.9. The number of carbonyl (C=O) groups is 1. The van der Waals surface area contributed by atoms with Gasteiger partial charge in [0.05, 0.1) is 25.7 Å².